The van der Waals surface area contributed by atoms with Crippen molar-refractivity contribution in [3.63, 3.8) is 0 Å². The average Bonchev–Trinajstić information content (AvgIpc) is 2.68. The van der Waals surface area contributed by atoms with E-state index in [-0.39, 0.29) is 5.76 Å². The van der Waals surface area contributed by atoms with E-state index in [1.165, 1.54) is 6.20 Å². The van der Waals surface area contributed by atoms with Crippen molar-refractivity contribution >= 4 is 5.97 Å². The van der Waals surface area contributed by atoms with Gasteiger partial charge in [0.25, 0.3) is 0 Å². The van der Waals surface area contributed by atoms with E-state index in [4.69, 9.17) is 14.3 Å². The normalized spacial score (nSPS) is 17.9. The second-order valence-electron chi connectivity index (χ2n) is 3.31. The number of rotatable bonds is 3. The summed E-state index contributed by atoms with van der Waals surface area (Å²) >= 11 is 0. The molecule has 0 radical (unpaired) electrons. The maximum Gasteiger partial charge on any atom is 0.373 e. The highest BCUT2D eigenvalue weighted by atomic mass is 16.5. The zero-order chi connectivity index (χ0) is 10.7. The standard InChI is InChI=1S/C9H12N2O4/c12-9(13)7-5-10-8(15-7)6-11-1-3-14-4-2-11/h5H,1-4,6H2,(H,12,13). The summed E-state index contributed by atoms with van der Waals surface area (Å²) in [4.78, 5) is 16.6. The van der Waals surface area contributed by atoms with Crippen molar-refractivity contribution in [3.8, 4) is 0 Å². The Morgan fingerprint density at radius 2 is 2.27 bits per heavy atom. The van der Waals surface area contributed by atoms with Crippen LogP contribution in [0.1, 0.15) is 16.4 Å². The third-order valence-electron chi connectivity index (χ3n) is 2.23. The maximum absolute atomic E-state index is 10.5. The highest BCUT2D eigenvalue weighted by Gasteiger charge is 2.15. The van der Waals surface area contributed by atoms with Crippen molar-refractivity contribution in [2.45, 2.75) is 6.54 Å². The van der Waals surface area contributed by atoms with Crippen LogP contribution in [0.3, 0.4) is 0 Å². The molecule has 0 amide bonds. The number of aromatic carboxylic acids is 1. The molecule has 82 valence electrons. The minimum absolute atomic E-state index is 0.113. The molecule has 1 aliphatic heterocycles. The molecule has 1 aliphatic rings. The summed E-state index contributed by atoms with van der Waals surface area (Å²) in [6, 6.07) is 0. The van der Waals surface area contributed by atoms with Crippen LogP contribution in [0.2, 0.25) is 0 Å². The number of carboxylic acid groups (broad SMARTS) is 1. The van der Waals surface area contributed by atoms with Gasteiger partial charge in [-0.1, -0.05) is 0 Å². The zero-order valence-corrected chi connectivity index (χ0v) is 8.18. The van der Waals surface area contributed by atoms with Gasteiger partial charge in [0.1, 0.15) is 0 Å². The first kappa shape index (κ1) is 10.1. The molecule has 2 heterocycles. The van der Waals surface area contributed by atoms with Crippen LogP contribution in [0, 0.1) is 0 Å². The lowest BCUT2D eigenvalue weighted by molar-refractivity contribution is 0.0301. The number of nitrogens with zero attached hydrogens (tertiary/aromatic N) is 2. The van der Waals surface area contributed by atoms with Gasteiger partial charge in [0.2, 0.25) is 11.7 Å². The van der Waals surface area contributed by atoms with Crippen molar-refractivity contribution in [1.82, 2.24) is 9.88 Å². The molecule has 1 aromatic heterocycles. The highest BCUT2D eigenvalue weighted by molar-refractivity contribution is 5.83. The molecule has 2 rings (SSSR count). The first-order chi connectivity index (χ1) is 7.25. The number of hydrogen-bond acceptors (Lipinski definition) is 5. The predicted molar refractivity (Wildman–Crippen MR) is 49.6 cm³/mol. The second kappa shape index (κ2) is 4.41. The summed E-state index contributed by atoms with van der Waals surface area (Å²) < 4.78 is 10.2. The minimum Gasteiger partial charge on any atom is -0.475 e. The second-order valence-corrected chi connectivity index (χ2v) is 3.31. The van der Waals surface area contributed by atoms with Crippen molar-refractivity contribution in [2.24, 2.45) is 0 Å². The predicted octanol–water partition coefficient (Wildman–Crippen LogP) is 0.205. The first-order valence-electron chi connectivity index (χ1n) is 4.74. The molecule has 0 bridgehead atoms. The Hall–Kier alpha value is -1.40. The molecular formula is C9H12N2O4. The Morgan fingerprint density at radius 1 is 1.53 bits per heavy atom. The molecule has 6 heteroatoms. The number of carbonyl (C=O) groups is 1. The zero-order valence-electron chi connectivity index (χ0n) is 8.18. The lowest BCUT2D eigenvalue weighted by atomic mass is 10.4. The van der Waals surface area contributed by atoms with Crippen LogP contribution in [0.4, 0.5) is 0 Å². The topological polar surface area (TPSA) is 75.8 Å². The molecule has 0 unspecified atom stereocenters. The molecule has 1 fully saturated rings. The Morgan fingerprint density at radius 3 is 2.87 bits per heavy atom. The summed E-state index contributed by atoms with van der Waals surface area (Å²) in [5.41, 5.74) is 0. The number of morpholine rings is 1. The van der Waals surface area contributed by atoms with Crippen LogP contribution < -0.4 is 0 Å². The van der Waals surface area contributed by atoms with E-state index in [1.54, 1.807) is 0 Å². The number of carboxylic acids is 1. The van der Waals surface area contributed by atoms with Gasteiger partial charge in [0.05, 0.1) is 26.0 Å². The maximum atomic E-state index is 10.5. The summed E-state index contributed by atoms with van der Waals surface area (Å²) in [5, 5.41) is 8.64. The van der Waals surface area contributed by atoms with Crippen LogP contribution in [0.25, 0.3) is 0 Å². The molecule has 0 atom stereocenters. The van der Waals surface area contributed by atoms with Gasteiger partial charge in [0.15, 0.2) is 0 Å². The van der Waals surface area contributed by atoms with E-state index < -0.39 is 5.97 Å². The largest absolute Gasteiger partial charge is 0.475 e. The van der Waals surface area contributed by atoms with Gasteiger partial charge in [-0.25, -0.2) is 9.78 Å². The minimum atomic E-state index is -1.09. The summed E-state index contributed by atoms with van der Waals surface area (Å²) in [6.07, 6.45) is 1.23. The molecule has 0 aromatic carbocycles. The summed E-state index contributed by atoms with van der Waals surface area (Å²) in [5.74, 6) is -0.761. The highest BCUT2D eigenvalue weighted by Crippen LogP contribution is 2.08. The van der Waals surface area contributed by atoms with Gasteiger partial charge in [0, 0.05) is 13.1 Å². The average molecular weight is 212 g/mol. The third kappa shape index (κ3) is 2.54. The number of ether oxygens (including phenoxy) is 1. The summed E-state index contributed by atoms with van der Waals surface area (Å²) in [7, 11) is 0. The van der Waals surface area contributed by atoms with Gasteiger partial charge in [-0.3, -0.25) is 4.90 Å². The van der Waals surface area contributed by atoms with Gasteiger partial charge in [-0.05, 0) is 0 Å². The third-order valence-corrected chi connectivity index (χ3v) is 2.23. The molecular weight excluding hydrogens is 200 g/mol. The molecule has 1 N–H and O–H groups in total. The van der Waals surface area contributed by atoms with E-state index in [0.29, 0.717) is 25.6 Å². The fourth-order valence-corrected chi connectivity index (χ4v) is 1.43. The van der Waals surface area contributed by atoms with E-state index in [1.807, 2.05) is 0 Å². The summed E-state index contributed by atoms with van der Waals surface area (Å²) in [6.45, 7) is 3.59. The SMILES string of the molecule is O=C(O)c1cnc(CN2CCOCC2)o1. The van der Waals surface area contributed by atoms with Gasteiger partial charge in [-0.2, -0.15) is 0 Å². The Kier molecular flexibility index (Phi) is 2.98. The smallest absolute Gasteiger partial charge is 0.373 e. The molecule has 0 saturated carbocycles. The molecule has 0 spiro atoms. The van der Waals surface area contributed by atoms with Crippen LogP contribution in [-0.4, -0.2) is 47.3 Å². The van der Waals surface area contributed by atoms with Gasteiger partial charge < -0.3 is 14.3 Å². The van der Waals surface area contributed by atoms with E-state index in [2.05, 4.69) is 9.88 Å². The van der Waals surface area contributed by atoms with Crippen LogP contribution in [-0.2, 0) is 11.3 Å². The Bertz CT molecular complexity index is 344. The Labute approximate surface area is 86.5 Å². The number of hydrogen-bond donors (Lipinski definition) is 1. The molecule has 6 nitrogen and oxygen atoms in total. The van der Waals surface area contributed by atoms with E-state index in [9.17, 15) is 4.79 Å². The lowest BCUT2D eigenvalue weighted by Crippen LogP contribution is -2.35. The fraction of sp³-hybridized carbons (Fsp3) is 0.556. The van der Waals surface area contributed by atoms with Crippen LogP contribution >= 0.6 is 0 Å². The first-order valence-corrected chi connectivity index (χ1v) is 4.74. The van der Waals surface area contributed by atoms with Gasteiger partial charge in [-0.15, -0.1) is 0 Å². The van der Waals surface area contributed by atoms with Crippen molar-refractivity contribution in [3.05, 3.63) is 17.8 Å². The monoisotopic (exact) mass is 212 g/mol. The Balaban J connectivity index is 1.94. The van der Waals surface area contributed by atoms with Gasteiger partial charge >= 0.3 is 5.97 Å². The van der Waals surface area contributed by atoms with E-state index >= 15 is 0 Å². The number of aromatic nitrogens is 1. The lowest BCUT2D eigenvalue weighted by Gasteiger charge is -2.24. The molecule has 1 aromatic rings. The molecule has 0 aliphatic carbocycles. The molecule has 15 heavy (non-hydrogen) atoms. The van der Waals surface area contributed by atoms with E-state index in [0.717, 1.165) is 13.1 Å². The number of oxazole rings is 1. The molecule has 1 saturated heterocycles. The quantitative estimate of drug-likeness (QED) is 0.771. The van der Waals surface area contributed by atoms with Crippen LogP contribution in [0.15, 0.2) is 10.6 Å². The van der Waals surface area contributed by atoms with Crippen molar-refractivity contribution in [2.75, 3.05) is 26.3 Å². The van der Waals surface area contributed by atoms with Crippen molar-refractivity contribution < 1.29 is 19.1 Å². The van der Waals surface area contributed by atoms with Crippen LogP contribution in [0.5, 0.6) is 0 Å². The van der Waals surface area contributed by atoms with Crippen molar-refractivity contribution in [1.29, 1.82) is 0 Å². The fourth-order valence-electron chi connectivity index (χ4n) is 1.43.